The second-order valence-corrected chi connectivity index (χ2v) is 5.49. The van der Waals surface area contributed by atoms with Crippen LogP contribution in [0.5, 0.6) is 0 Å². The van der Waals surface area contributed by atoms with Crippen LogP contribution >= 0.6 is 35.8 Å². The third-order valence-electron chi connectivity index (χ3n) is 2.99. The second-order valence-electron chi connectivity index (χ2n) is 4.31. The summed E-state index contributed by atoms with van der Waals surface area (Å²) in [4.78, 5) is 13.7. The minimum Gasteiger partial charge on any atom is -0.312 e. The molecule has 17 heavy (non-hydrogen) atoms. The highest BCUT2D eigenvalue weighted by Crippen LogP contribution is 2.34. The molecule has 1 aliphatic rings. The van der Waals surface area contributed by atoms with Gasteiger partial charge in [-0.1, -0.05) is 23.2 Å². The maximum absolute atomic E-state index is 11.9. The van der Waals surface area contributed by atoms with Crippen LogP contribution in [-0.2, 0) is 4.79 Å². The van der Waals surface area contributed by atoms with Crippen molar-refractivity contribution in [1.82, 2.24) is 0 Å². The maximum atomic E-state index is 11.9. The first-order chi connectivity index (χ1) is 8.02. The van der Waals surface area contributed by atoms with Crippen LogP contribution in [0.4, 0.5) is 5.69 Å². The fourth-order valence-corrected chi connectivity index (χ4v) is 2.68. The second kappa shape index (κ2) is 5.09. The lowest BCUT2D eigenvalue weighted by atomic mass is 10.1. The van der Waals surface area contributed by atoms with E-state index in [-0.39, 0.29) is 5.91 Å². The Morgan fingerprint density at radius 1 is 1.41 bits per heavy atom. The number of amides is 1. The van der Waals surface area contributed by atoms with Crippen LogP contribution in [0.1, 0.15) is 12.0 Å². The van der Waals surface area contributed by atoms with Gasteiger partial charge in [0.1, 0.15) is 0 Å². The quantitative estimate of drug-likeness (QED) is 0.825. The Balaban J connectivity index is 2.35. The molecule has 1 fully saturated rings. The number of hydrogen-bond acceptors (Lipinski definition) is 2. The molecule has 2 rings (SSSR count). The molecule has 0 aromatic heterocycles. The number of halogens is 2. The van der Waals surface area contributed by atoms with E-state index >= 15 is 0 Å². The van der Waals surface area contributed by atoms with Crippen LogP contribution in [0, 0.1) is 12.8 Å². The molecule has 0 spiro atoms. The van der Waals surface area contributed by atoms with E-state index in [1.165, 1.54) is 0 Å². The zero-order chi connectivity index (χ0) is 12.6. The summed E-state index contributed by atoms with van der Waals surface area (Å²) in [7, 11) is 0. The van der Waals surface area contributed by atoms with Gasteiger partial charge in [-0.3, -0.25) is 4.79 Å². The Morgan fingerprint density at radius 2 is 2.06 bits per heavy atom. The summed E-state index contributed by atoms with van der Waals surface area (Å²) in [5.74, 6) is 1.17. The van der Waals surface area contributed by atoms with E-state index in [1.807, 2.05) is 6.92 Å². The lowest BCUT2D eigenvalue weighted by Crippen LogP contribution is -2.25. The topological polar surface area (TPSA) is 20.3 Å². The molecule has 1 aliphatic heterocycles. The van der Waals surface area contributed by atoms with Crippen molar-refractivity contribution in [2.24, 2.45) is 5.92 Å². The van der Waals surface area contributed by atoms with Gasteiger partial charge in [-0.05, 0) is 36.3 Å². The molecule has 0 saturated carbocycles. The molecule has 1 unspecified atom stereocenters. The molecule has 2 nitrogen and oxygen atoms in total. The van der Waals surface area contributed by atoms with E-state index in [9.17, 15) is 4.79 Å². The number of carbonyl (C=O) groups is 1. The number of nitrogens with zero attached hydrogens (tertiary/aromatic N) is 1. The summed E-state index contributed by atoms with van der Waals surface area (Å²) < 4.78 is 0. The van der Waals surface area contributed by atoms with Crippen molar-refractivity contribution in [3.63, 3.8) is 0 Å². The molecule has 5 heteroatoms. The number of carbonyl (C=O) groups excluding carboxylic acids is 1. The highest BCUT2D eigenvalue weighted by atomic mass is 35.5. The SMILES string of the molecule is Cc1cc(Cl)c(Cl)cc1N1CC(CS)CC1=O. The molecule has 1 atom stereocenters. The lowest BCUT2D eigenvalue weighted by Gasteiger charge is -2.19. The van der Waals surface area contributed by atoms with Crippen molar-refractivity contribution in [2.75, 3.05) is 17.2 Å². The molecular weight excluding hydrogens is 277 g/mol. The molecule has 0 aliphatic carbocycles. The minimum atomic E-state index is 0.130. The van der Waals surface area contributed by atoms with Crippen molar-refractivity contribution in [1.29, 1.82) is 0 Å². The van der Waals surface area contributed by atoms with Crippen molar-refractivity contribution in [3.8, 4) is 0 Å². The summed E-state index contributed by atoms with van der Waals surface area (Å²) in [5.41, 5.74) is 1.82. The van der Waals surface area contributed by atoms with Gasteiger partial charge >= 0.3 is 0 Å². The molecular formula is C12H13Cl2NOS. The first-order valence-electron chi connectivity index (χ1n) is 5.39. The Morgan fingerprint density at radius 3 is 2.65 bits per heavy atom. The zero-order valence-corrected chi connectivity index (χ0v) is 11.8. The standard InChI is InChI=1S/C12H13Cl2NOS/c1-7-2-9(13)10(14)4-11(7)15-5-8(6-17)3-12(15)16/h2,4,8,17H,3,5-6H2,1H3. The van der Waals surface area contributed by atoms with E-state index in [0.717, 1.165) is 17.0 Å². The van der Waals surface area contributed by atoms with E-state index in [0.29, 0.717) is 28.9 Å². The number of benzene rings is 1. The van der Waals surface area contributed by atoms with Crippen LogP contribution in [-0.4, -0.2) is 18.2 Å². The molecule has 92 valence electrons. The Kier molecular flexibility index (Phi) is 3.91. The summed E-state index contributed by atoms with van der Waals surface area (Å²) in [6.45, 7) is 2.64. The molecule has 0 bridgehead atoms. The molecule has 1 saturated heterocycles. The van der Waals surface area contributed by atoms with Gasteiger partial charge in [0, 0.05) is 18.7 Å². The molecule has 1 amide bonds. The Bertz CT molecular complexity index is 464. The van der Waals surface area contributed by atoms with Gasteiger partial charge in [-0.25, -0.2) is 0 Å². The highest BCUT2D eigenvalue weighted by Gasteiger charge is 2.30. The van der Waals surface area contributed by atoms with E-state index in [4.69, 9.17) is 23.2 Å². The van der Waals surface area contributed by atoms with Crippen LogP contribution in [0.3, 0.4) is 0 Å². The van der Waals surface area contributed by atoms with Gasteiger partial charge in [0.15, 0.2) is 0 Å². The summed E-state index contributed by atoms with van der Waals surface area (Å²) in [6, 6.07) is 3.55. The first kappa shape index (κ1) is 13.1. The predicted molar refractivity (Wildman–Crippen MR) is 75.5 cm³/mol. The maximum Gasteiger partial charge on any atom is 0.227 e. The minimum absolute atomic E-state index is 0.130. The third kappa shape index (κ3) is 2.56. The van der Waals surface area contributed by atoms with Crippen molar-refractivity contribution < 1.29 is 4.79 Å². The van der Waals surface area contributed by atoms with Crippen LogP contribution in [0.15, 0.2) is 12.1 Å². The average molecular weight is 290 g/mol. The van der Waals surface area contributed by atoms with E-state index in [1.54, 1.807) is 17.0 Å². The van der Waals surface area contributed by atoms with Crippen LogP contribution in [0.2, 0.25) is 10.0 Å². The Hall–Kier alpha value is -0.380. The van der Waals surface area contributed by atoms with Crippen molar-refractivity contribution in [2.45, 2.75) is 13.3 Å². The molecule has 1 aromatic rings. The van der Waals surface area contributed by atoms with Gasteiger partial charge < -0.3 is 4.90 Å². The van der Waals surface area contributed by atoms with Crippen LogP contribution in [0.25, 0.3) is 0 Å². The molecule has 0 N–H and O–H groups in total. The van der Waals surface area contributed by atoms with E-state index in [2.05, 4.69) is 12.6 Å². The average Bonchev–Trinajstić information content (AvgIpc) is 2.65. The van der Waals surface area contributed by atoms with Gasteiger partial charge in [0.2, 0.25) is 5.91 Å². The normalized spacial score (nSPS) is 20.1. The summed E-state index contributed by atoms with van der Waals surface area (Å²) in [6.07, 6.45) is 0.559. The number of hydrogen-bond donors (Lipinski definition) is 1. The third-order valence-corrected chi connectivity index (χ3v) is 4.23. The largest absolute Gasteiger partial charge is 0.312 e. The van der Waals surface area contributed by atoms with E-state index < -0.39 is 0 Å². The molecule has 0 radical (unpaired) electrons. The lowest BCUT2D eigenvalue weighted by molar-refractivity contribution is -0.117. The summed E-state index contributed by atoms with van der Waals surface area (Å²) in [5, 5.41) is 1.000. The molecule has 1 aromatic carbocycles. The monoisotopic (exact) mass is 289 g/mol. The van der Waals surface area contributed by atoms with Crippen molar-refractivity contribution >= 4 is 47.4 Å². The van der Waals surface area contributed by atoms with Crippen LogP contribution < -0.4 is 4.90 Å². The smallest absolute Gasteiger partial charge is 0.227 e. The van der Waals surface area contributed by atoms with Gasteiger partial charge in [-0.15, -0.1) is 0 Å². The van der Waals surface area contributed by atoms with Gasteiger partial charge in [-0.2, -0.15) is 12.6 Å². The number of anilines is 1. The number of thiol groups is 1. The van der Waals surface area contributed by atoms with Gasteiger partial charge in [0.25, 0.3) is 0 Å². The number of rotatable bonds is 2. The highest BCUT2D eigenvalue weighted by molar-refractivity contribution is 7.80. The molecule has 1 heterocycles. The zero-order valence-electron chi connectivity index (χ0n) is 9.41. The predicted octanol–water partition coefficient (Wildman–Crippen LogP) is 3.58. The number of aryl methyl sites for hydroxylation is 1. The summed E-state index contributed by atoms with van der Waals surface area (Å²) >= 11 is 16.2. The first-order valence-corrected chi connectivity index (χ1v) is 6.78. The fourth-order valence-electron chi connectivity index (χ4n) is 2.06. The van der Waals surface area contributed by atoms with Crippen molar-refractivity contribution in [3.05, 3.63) is 27.7 Å². The Labute approximate surface area is 116 Å². The van der Waals surface area contributed by atoms with Gasteiger partial charge in [0.05, 0.1) is 10.0 Å². The fraction of sp³-hybridized carbons (Fsp3) is 0.417.